The Kier molecular flexibility index (Phi) is 3.10. The maximum atomic E-state index is 13.2. The molecule has 0 radical (unpaired) electrons. The van der Waals surface area contributed by atoms with Crippen LogP contribution in [-0.4, -0.2) is 29.0 Å². The number of nitrogens with one attached hydrogen (secondary N) is 1. The lowest BCUT2D eigenvalue weighted by Gasteiger charge is -2.09. The molecule has 3 rings (SSSR count). The summed E-state index contributed by atoms with van der Waals surface area (Å²) in [6.07, 6.45) is 0.561. The number of H-pyrrole nitrogens is 1. The fourth-order valence-electron chi connectivity index (χ4n) is 2.11. The van der Waals surface area contributed by atoms with Crippen LogP contribution in [0.5, 0.6) is 0 Å². The molecule has 2 aromatic heterocycles. The summed E-state index contributed by atoms with van der Waals surface area (Å²) in [6, 6.07) is 10.4. The van der Waals surface area contributed by atoms with Crippen molar-refractivity contribution in [2.24, 2.45) is 0 Å². The lowest BCUT2D eigenvalue weighted by atomic mass is 10.1. The van der Waals surface area contributed by atoms with Crippen LogP contribution in [0.4, 0.5) is 10.2 Å². The number of anilines is 1. The summed E-state index contributed by atoms with van der Waals surface area (Å²) < 4.78 is 13.2. The first-order chi connectivity index (χ1) is 9.61. The highest BCUT2D eigenvalue weighted by Gasteiger charge is 2.07. The van der Waals surface area contributed by atoms with Crippen LogP contribution in [0, 0.1) is 5.82 Å². The van der Waals surface area contributed by atoms with E-state index in [9.17, 15) is 4.39 Å². The van der Waals surface area contributed by atoms with Crippen molar-refractivity contribution in [2.45, 2.75) is 6.42 Å². The van der Waals surface area contributed by atoms with E-state index < -0.39 is 0 Å². The van der Waals surface area contributed by atoms with Crippen molar-refractivity contribution in [2.75, 3.05) is 19.0 Å². The molecular formula is C15H15FN4. The average Bonchev–Trinajstić information content (AvgIpc) is 2.79. The van der Waals surface area contributed by atoms with E-state index in [4.69, 9.17) is 0 Å². The zero-order chi connectivity index (χ0) is 14.1. The predicted octanol–water partition coefficient (Wildman–Crippen LogP) is 2.75. The molecule has 102 valence electrons. The smallest absolute Gasteiger partial charge is 0.179 e. The van der Waals surface area contributed by atoms with Gasteiger partial charge in [-0.05, 0) is 29.8 Å². The van der Waals surface area contributed by atoms with Gasteiger partial charge in [0.1, 0.15) is 17.5 Å². The third-order valence-corrected chi connectivity index (χ3v) is 3.10. The van der Waals surface area contributed by atoms with Gasteiger partial charge in [-0.3, -0.25) is 0 Å². The second-order valence-electron chi connectivity index (χ2n) is 4.93. The molecule has 0 amide bonds. The van der Waals surface area contributed by atoms with Crippen molar-refractivity contribution < 1.29 is 4.39 Å². The number of aromatic nitrogens is 3. The van der Waals surface area contributed by atoms with Gasteiger partial charge in [-0.25, -0.2) is 14.4 Å². The van der Waals surface area contributed by atoms with Crippen LogP contribution in [0.2, 0.25) is 0 Å². The maximum Gasteiger partial charge on any atom is 0.179 e. The Morgan fingerprint density at radius 2 is 2.00 bits per heavy atom. The second-order valence-corrected chi connectivity index (χ2v) is 4.93. The minimum absolute atomic E-state index is 0.230. The number of aromatic amines is 1. The number of pyridine rings is 1. The Morgan fingerprint density at radius 3 is 2.75 bits per heavy atom. The second kappa shape index (κ2) is 4.92. The molecule has 0 aliphatic heterocycles. The Morgan fingerprint density at radius 1 is 1.15 bits per heavy atom. The third kappa shape index (κ3) is 2.47. The topological polar surface area (TPSA) is 44.8 Å². The average molecular weight is 270 g/mol. The Bertz CT molecular complexity index is 748. The van der Waals surface area contributed by atoms with Crippen LogP contribution < -0.4 is 4.90 Å². The summed E-state index contributed by atoms with van der Waals surface area (Å²) in [5, 5.41) is 0. The van der Waals surface area contributed by atoms with Gasteiger partial charge in [-0.15, -0.1) is 0 Å². The van der Waals surface area contributed by atoms with Gasteiger partial charge in [0.15, 0.2) is 5.65 Å². The van der Waals surface area contributed by atoms with E-state index in [0.29, 0.717) is 12.1 Å². The number of halogens is 1. The van der Waals surface area contributed by atoms with Crippen molar-refractivity contribution in [1.82, 2.24) is 15.0 Å². The summed E-state index contributed by atoms with van der Waals surface area (Å²) in [4.78, 5) is 14.1. The molecule has 0 unspecified atom stereocenters. The number of benzene rings is 1. The first-order valence-corrected chi connectivity index (χ1v) is 6.39. The van der Waals surface area contributed by atoms with Crippen molar-refractivity contribution in [3.8, 4) is 0 Å². The van der Waals surface area contributed by atoms with E-state index in [-0.39, 0.29) is 5.82 Å². The first kappa shape index (κ1) is 12.6. The number of rotatable bonds is 3. The Labute approximate surface area is 116 Å². The molecule has 20 heavy (non-hydrogen) atoms. The minimum Gasteiger partial charge on any atom is -0.363 e. The molecule has 0 saturated heterocycles. The summed E-state index contributed by atoms with van der Waals surface area (Å²) in [5.41, 5.74) is 2.46. The summed E-state index contributed by atoms with van der Waals surface area (Å²) >= 11 is 0. The van der Waals surface area contributed by atoms with Gasteiger partial charge < -0.3 is 9.88 Å². The number of fused-ring (bicyclic) bond motifs is 1. The molecule has 0 fully saturated rings. The minimum atomic E-state index is -0.230. The van der Waals surface area contributed by atoms with Crippen molar-refractivity contribution >= 4 is 17.0 Å². The van der Waals surface area contributed by atoms with Gasteiger partial charge in [0, 0.05) is 20.5 Å². The van der Waals surface area contributed by atoms with Gasteiger partial charge in [0.05, 0.1) is 5.52 Å². The molecule has 0 aliphatic carbocycles. The molecule has 0 saturated carbocycles. The summed E-state index contributed by atoms with van der Waals surface area (Å²) in [7, 11) is 3.88. The highest BCUT2D eigenvalue weighted by atomic mass is 19.1. The van der Waals surface area contributed by atoms with Gasteiger partial charge in [-0.1, -0.05) is 12.1 Å². The molecule has 4 nitrogen and oxygen atoms in total. The molecule has 2 heterocycles. The number of nitrogens with zero attached hydrogens (tertiary/aromatic N) is 3. The number of hydrogen-bond donors (Lipinski definition) is 1. The molecular weight excluding hydrogens is 255 g/mol. The maximum absolute atomic E-state index is 13.2. The van der Waals surface area contributed by atoms with Crippen molar-refractivity contribution in [1.29, 1.82) is 0 Å². The first-order valence-electron chi connectivity index (χ1n) is 6.39. The van der Waals surface area contributed by atoms with Crippen molar-refractivity contribution in [3.05, 3.63) is 53.6 Å². The van der Waals surface area contributed by atoms with Crippen LogP contribution in [0.3, 0.4) is 0 Å². The zero-order valence-corrected chi connectivity index (χ0v) is 11.4. The van der Waals surface area contributed by atoms with E-state index in [0.717, 1.165) is 22.7 Å². The monoisotopic (exact) mass is 270 g/mol. The van der Waals surface area contributed by atoms with Gasteiger partial charge in [0.2, 0.25) is 0 Å². The lowest BCUT2D eigenvalue weighted by molar-refractivity contribution is 0.626. The Hall–Kier alpha value is -2.43. The summed E-state index contributed by atoms with van der Waals surface area (Å²) in [6.45, 7) is 0. The largest absolute Gasteiger partial charge is 0.363 e. The van der Waals surface area contributed by atoms with Crippen LogP contribution in [-0.2, 0) is 6.42 Å². The number of hydrogen-bond acceptors (Lipinski definition) is 3. The quantitative estimate of drug-likeness (QED) is 0.796. The molecule has 3 aromatic rings. The molecule has 5 heteroatoms. The van der Waals surface area contributed by atoms with Crippen LogP contribution in [0.25, 0.3) is 11.2 Å². The zero-order valence-electron chi connectivity index (χ0n) is 11.4. The van der Waals surface area contributed by atoms with Crippen LogP contribution in [0.15, 0.2) is 36.4 Å². The molecule has 1 aromatic carbocycles. The van der Waals surface area contributed by atoms with E-state index >= 15 is 0 Å². The van der Waals surface area contributed by atoms with Crippen LogP contribution >= 0.6 is 0 Å². The Balaban J connectivity index is 1.93. The van der Waals surface area contributed by atoms with E-state index in [2.05, 4.69) is 15.0 Å². The molecule has 1 N–H and O–H groups in total. The molecule has 0 spiro atoms. The summed E-state index contributed by atoms with van der Waals surface area (Å²) in [5.74, 6) is 1.42. The fourth-order valence-corrected chi connectivity index (χ4v) is 2.11. The van der Waals surface area contributed by atoms with Gasteiger partial charge in [-0.2, -0.15) is 0 Å². The SMILES string of the molecule is CN(C)c1ccc2[nH]c(Cc3cccc(F)c3)nc2n1. The van der Waals surface area contributed by atoms with Gasteiger partial charge >= 0.3 is 0 Å². The van der Waals surface area contributed by atoms with E-state index in [1.54, 1.807) is 6.07 Å². The molecule has 0 bridgehead atoms. The third-order valence-electron chi connectivity index (χ3n) is 3.10. The predicted molar refractivity (Wildman–Crippen MR) is 77.4 cm³/mol. The highest BCUT2D eigenvalue weighted by molar-refractivity contribution is 5.73. The number of imidazole rings is 1. The van der Waals surface area contributed by atoms with Gasteiger partial charge in [0.25, 0.3) is 0 Å². The lowest BCUT2D eigenvalue weighted by Crippen LogP contribution is -2.10. The van der Waals surface area contributed by atoms with E-state index in [1.807, 2.05) is 37.2 Å². The highest BCUT2D eigenvalue weighted by Crippen LogP contribution is 2.16. The fraction of sp³-hybridized carbons (Fsp3) is 0.200. The normalized spacial score (nSPS) is 10.9. The standard InChI is InChI=1S/C15H15FN4/c1-20(2)14-7-6-12-15(19-14)18-13(17-12)9-10-4-3-5-11(16)8-10/h3-8H,9H2,1-2H3,(H,17,18,19). The van der Waals surface area contributed by atoms with E-state index in [1.165, 1.54) is 12.1 Å². The molecule has 0 aliphatic rings. The van der Waals surface area contributed by atoms with Crippen molar-refractivity contribution in [3.63, 3.8) is 0 Å². The molecule has 0 atom stereocenters. The van der Waals surface area contributed by atoms with Crippen LogP contribution in [0.1, 0.15) is 11.4 Å².